The van der Waals surface area contributed by atoms with Crippen LogP contribution < -0.4 is 4.74 Å². The van der Waals surface area contributed by atoms with Crippen molar-refractivity contribution in [3.63, 3.8) is 0 Å². The third kappa shape index (κ3) is 4.83. The van der Waals surface area contributed by atoms with Crippen LogP contribution in [0.3, 0.4) is 0 Å². The maximum absolute atomic E-state index is 13.1. The van der Waals surface area contributed by atoms with Gasteiger partial charge in [-0.3, -0.25) is 4.79 Å². The second-order valence-electron chi connectivity index (χ2n) is 6.66. The summed E-state index contributed by atoms with van der Waals surface area (Å²) in [4.78, 5) is 15.7. The highest BCUT2D eigenvalue weighted by atomic mass is 35.5. The second-order valence-corrected chi connectivity index (χ2v) is 10.4. The van der Waals surface area contributed by atoms with Gasteiger partial charge >= 0.3 is 0 Å². The summed E-state index contributed by atoms with van der Waals surface area (Å²) in [5.41, 5.74) is 0.285. The molecule has 1 aromatic heterocycles. The number of thiophene rings is 1. The lowest BCUT2D eigenvalue weighted by atomic mass is 10.2. The largest absolute Gasteiger partial charge is 0.495 e. The monoisotopic (exact) mass is 454 g/mol. The number of rotatable bonds is 8. The van der Waals surface area contributed by atoms with Crippen molar-refractivity contribution in [3.8, 4) is 5.75 Å². The molecule has 1 aromatic carbocycles. The van der Waals surface area contributed by atoms with E-state index >= 15 is 0 Å². The van der Waals surface area contributed by atoms with E-state index in [-0.39, 0.29) is 22.1 Å². The molecule has 0 radical (unpaired) electrons. The number of benzene rings is 1. The van der Waals surface area contributed by atoms with Gasteiger partial charge in [0.1, 0.15) is 10.6 Å². The van der Waals surface area contributed by atoms with E-state index in [1.54, 1.807) is 23.1 Å². The topological polar surface area (TPSA) is 66.9 Å². The van der Waals surface area contributed by atoms with Gasteiger partial charge in [-0.25, -0.2) is 8.42 Å². The Labute approximate surface area is 180 Å². The van der Waals surface area contributed by atoms with Crippen LogP contribution >= 0.6 is 22.9 Å². The second kappa shape index (κ2) is 9.30. The van der Waals surface area contributed by atoms with Gasteiger partial charge in [-0.05, 0) is 43.2 Å². The molecule has 0 aliphatic carbocycles. The summed E-state index contributed by atoms with van der Waals surface area (Å²) in [6, 6.07) is 8.18. The van der Waals surface area contributed by atoms with Crippen LogP contribution in [-0.2, 0) is 16.6 Å². The standard InChI is InChI=1S/C20H23ClN2O4S2/c1-3-10-22(14-16-7-9-19(21)28-16)20(24)15-6-8-17(27-2)18(13-15)29(25,26)23-11-4-5-12-23/h3,6-9,13H,1,4-5,10-12,14H2,2H3. The van der Waals surface area contributed by atoms with Crippen molar-refractivity contribution < 1.29 is 17.9 Å². The molecule has 9 heteroatoms. The van der Waals surface area contributed by atoms with Crippen molar-refractivity contribution in [2.45, 2.75) is 24.3 Å². The lowest BCUT2D eigenvalue weighted by Gasteiger charge is -2.22. The number of carbonyl (C=O) groups excluding carboxylic acids is 1. The lowest BCUT2D eigenvalue weighted by molar-refractivity contribution is 0.0764. The summed E-state index contributed by atoms with van der Waals surface area (Å²) in [6.45, 7) is 5.37. The summed E-state index contributed by atoms with van der Waals surface area (Å²) < 4.78 is 33.5. The van der Waals surface area contributed by atoms with Crippen molar-refractivity contribution >= 4 is 38.9 Å². The van der Waals surface area contributed by atoms with Crippen molar-refractivity contribution in [1.82, 2.24) is 9.21 Å². The van der Waals surface area contributed by atoms with Gasteiger partial charge in [0.2, 0.25) is 10.0 Å². The first-order valence-corrected chi connectivity index (χ1v) is 11.8. The highest BCUT2D eigenvalue weighted by Crippen LogP contribution is 2.30. The first-order valence-electron chi connectivity index (χ1n) is 9.19. The Morgan fingerprint density at radius 2 is 2.03 bits per heavy atom. The van der Waals surface area contributed by atoms with Crippen LogP contribution in [0.2, 0.25) is 4.34 Å². The van der Waals surface area contributed by atoms with Gasteiger partial charge in [0.25, 0.3) is 5.91 Å². The molecule has 2 aromatic rings. The summed E-state index contributed by atoms with van der Waals surface area (Å²) in [7, 11) is -2.31. The van der Waals surface area contributed by atoms with Crippen LogP contribution in [0.1, 0.15) is 28.1 Å². The fraction of sp³-hybridized carbons (Fsp3) is 0.350. The molecule has 29 heavy (non-hydrogen) atoms. The first kappa shape index (κ1) is 21.8. The molecule has 156 valence electrons. The molecule has 0 N–H and O–H groups in total. The minimum absolute atomic E-state index is 0.0190. The molecule has 1 aliphatic rings. The van der Waals surface area contributed by atoms with Gasteiger partial charge in [-0.1, -0.05) is 17.7 Å². The Bertz CT molecular complexity index is 998. The molecule has 1 aliphatic heterocycles. The average Bonchev–Trinajstić information content (AvgIpc) is 3.39. The molecule has 0 saturated carbocycles. The predicted octanol–water partition coefficient (Wildman–Crippen LogP) is 4.02. The number of halogens is 1. The maximum Gasteiger partial charge on any atom is 0.254 e. The number of hydrogen-bond acceptors (Lipinski definition) is 5. The summed E-state index contributed by atoms with van der Waals surface area (Å²) in [6.07, 6.45) is 3.30. The molecule has 0 spiro atoms. The smallest absolute Gasteiger partial charge is 0.254 e. The van der Waals surface area contributed by atoms with Crippen LogP contribution in [0.5, 0.6) is 5.75 Å². The van der Waals surface area contributed by atoms with Gasteiger partial charge in [0, 0.05) is 30.1 Å². The van der Waals surface area contributed by atoms with E-state index in [4.69, 9.17) is 16.3 Å². The van der Waals surface area contributed by atoms with Crippen molar-refractivity contribution in [2.24, 2.45) is 0 Å². The van der Waals surface area contributed by atoms with Crippen molar-refractivity contribution in [3.05, 3.63) is 57.8 Å². The van der Waals surface area contributed by atoms with E-state index in [9.17, 15) is 13.2 Å². The third-order valence-electron chi connectivity index (χ3n) is 4.71. The number of ether oxygens (including phenoxy) is 1. The Hall–Kier alpha value is -1.87. The molecule has 1 amide bonds. The van der Waals surface area contributed by atoms with Gasteiger partial charge in [0.05, 0.1) is 18.0 Å². The van der Waals surface area contributed by atoms with Gasteiger partial charge in [-0.15, -0.1) is 17.9 Å². The minimum Gasteiger partial charge on any atom is -0.495 e. The SMILES string of the molecule is C=CCN(Cc1ccc(Cl)s1)C(=O)c1ccc(OC)c(S(=O)(=O)N2CCCC2)c1. The molecule has 1 saturated heterocycles. The number of nitrogens with zero attached hydrogens (tertiary/aromatic N) is 2. The molecule has 3 rings (SSSR count). The lowest BCUT2D eigenvalue weighted by Crippen LogP contribution is -2.31. The molecule has 1 fully saturated rings. The quantitative estimate of drug-likeness (QED) is 0.565. The normalized spacial score (nSPS) is 14.7. The van der Waals surface area contributed by atoms with Crippen molar-refractivity contribution in [1.29, 1.82) is 0 Å². The van der Waals surface area contributed by atoms with Crippen LogP contribution in [0.25, 0.3) is 0 Å². The Morgan fingerprint density at radius 3 is 2.62 bits per heavy atom. The van der Waals surface area contributed by atoms with Crippen LogP contribution in [0.15, 0.2) is 47.9 Å². The number of amides is 1. The van der Waals surface area contributed by atoms with Crippen LogP contribution in [-0.4, -0.2) is 50.3 Å². The van der Waals surface area contributed by atoms with Gasteiger partial charge in [-0.2, -0.15) is 4.31 Å². The Balaban J connectivity index is 1.94. The van der Waals surface area contributed by atoms with Gasteiger partial charge in [0.15, 0.2) is 0 Å². The third-order valence-corrected chi connectivity index (χ3v) is 7.84. The number of carbonyl (C=O) groups is 1. The van der Waals surface area contributed by atoms with E-state index in [0.717, 1.165) is 17.7 Å². The molecule has 0 bridgehead atoms. The number of hydrogen-bond donors (Lipinski definition) is 0. The highest BCUT2D eigenvalue weighted by Gasteiger charge is 2.31. The Kier molecular flexibility index (Phi) is 7.00. The van der Waals surface area contributed by atoms with E-state index in [1.165, 1.54) is 34.9 Å². The fourth-order valence-corrected chi connectivity index (χ4v) is 6.06. The molecule has 0 atom stereocenters. The van der Waals surface area contributed by atoms with E-state index < -0.39 is 10.0 Å². The number of sulfonamides is 1. The van der Waals surface area contributed by atoms with Gasteiger partial charge < -0.3 is 9.64 Å². The van der Waals surface area contributed by atoms with E-state index in [1.807, 2.05) is 6.07 Å². The van der Waals surface area contributed by atoms with Crippen molar-refractivity contribution in [2.75, 3.05) is 26.7 Å². The summed E-state index contributed by atoms with van der Waals surface area (Å²) in [5, 5.41) is 0. The molecular weight excluding hydrogens is 432 g/mol. The van der Waals surface area contributed by atoms with E-state index in [2.05, 4.69) is 6.58 Å². The average molecular weight is 455 g/mol. The van der Waals surface area contributed by atoms with Crippen LogP contribution in [0, 0.1) is 0 Å². The van der Waals surface area contributed by atoms with E-state index in [0.29, 0.717) is 30.5 Å². The molecule has 2 heterocycles. The zero-order valence-corrected chi connectivity index (χ0v) is 18.5. The summed E-state index contributed by atoms with van der Waals surface area (Å²) >= 11 is 7.39. The number of methoxy groups -OCH3 is 1. The zero-order valence-electron chi connectivity index (χ0n) is 16.1. The summed E-state index contributed by atoms with van der Waals surface area (Å²) in [5.74, 6) is -0.0521. The zero-order chi connectivity index (χ0) is 21.0. The predicted molar refractivity (Wildman–Crippen MR) is 115 cm³/mol. The molecule has 6 nitrogen and oxygen atoms in total. The fourth-order valence-electron chi connectivity index (χ4n) is 3.26. The maximum atomic E-state index is 13.1. The molecular formula is C20H23ClN2O4S2. The minimum atomic E-state index is -3.73. The Morgan fingerprint density at radius 1 is 1.31 bits per heavy atom. The molecule has 0 unspecified atom stereocenters. The van der Waals surface area contributed by atoms with Crippen LogP contribution in [0.4, 0.5) is 0 Å². The first-order chi connectivity index (χ1) is 13.9. The highest BCUT2D eigenvalue weighted by molar-refractivity contribution is 7.89.